The Morgan fingerprint density at radius 3 is 2.29 bits per heavy atom. The van der Waals surface area contributed by atoms with E-state index in [9.17, 15) is 0 Å². The average Bonchev–Trinajstić information content (AvgIpc) is 2.71. The van der Waals surface area contributed by atoms with Crippen LogP contribution >= 0.6 is 11.6 Å². The minimum absolute atomic E-state index is 0.156. The molecule has 0 aliphatic heterocycles. The zero-order chi connectivity index (χ0) is 16.0. The van der Waals surface area contributed by atoms with Crippen LogP contribution in [-0.2, 0) is 18.2 Å². The summed E-state index contributed by atoms with van der Waals surface area (Å²) in [4.78, 5) is 0. The van der Waals surface area contributed by atoms with Crippen molar-refractivity contribution in [1.82, 2.24) is 15.1 Å². The molecule has 0 aliphatic carbocycles. The number of aryl methyl sites for hydroxylation is 2. The summed E-state index contributed by atoms with van der Waals surface area (Å²) in [6, 6.07) is 0.234. The van der Waals surface area contributed by atoms with Crippen LogP contribution in [-0.4, -0.2) is 34.6 Å². The van der Waals surface area contributed by atoms with E-state index in [-0.39, 0.29) is 11.6 Å². The molecule has 0 saturated heterocycles. The van der Waals surface area contributed by atoms with Gasteiger partial charge >= 0.3 is 0 Å². The van der Waals surface area contributed by atoms with Gasteiger partial charge in [0.2, 0.25) is 0 Å². The molecular weight excluding hydrogens is 286 g/mol. The Bertz CT molecular complexity index is 441. The average molecular weight is 316 g/mol. The zero-order valence-corrected chi connectivity index (χ0v) is 15.0. The molecule has 4 nitrogen and oxygen atoms in total. The molecule has 5 heteroatoms. The van der Waals surface area contributed by atoms with Crippen molar-refractivity contribution in [2.24, 2.45) is 7.05 Å². The second-order valence-corrected chi connectivity index (χ2v) is 5.86. The molecule has 0 aromatic carbocycles. The summed E-state index contributed by atoms with van der Waals surface area (Å²) in [5.74, 6) is 0. The van der Waals surface area contributed by atoms with E-state index in [1.54, 1.807) is 4.68 Å². The maximum Gasteiger partial charge on any atom is 0.130 e. The molecule has 122 valence electrons. The van der Waals surface area contributed by atoms with Gasteiger partial charge in [0, 0.05) is 25.3 Å². The normalized spacial score (nSPS) is 13.7. The smallest absolute Gasteiger partial charge is 0.130 e. The largest absolute Gasteiger partial charge is 0.374 e. The van der Waals surface area contributed by atoms with Crippen LogP contribution in [0.4, 0.5) is 0 Å². The Hall–Kier alpha value is -0.580. The number of rotatable bonds is 9. The summed E-state index contributed by atoms with van der Waals surface area (Å²) in [6.45, 7) is 12.2. The van der Waals surface area contributed by atoms with E-state index in [0.29, 0.717) is 0 Å². The Kier molecular flexibility index (Phi) is 7.17. The first-order valence-corrected chi connectivity index (χ1v) is 8.38. The van der Waals surface area contributed by atoms with Crippen molar-refractivity contribution in [3.05, 3.63) is 16.4 Å². The topological polar surface area (TPSA) is 39.1 Å². The number of hydrogen-bond acceptors (Lipinski definition) is 3. The van der Waals surface area contributed by atoms with Crippen LogP contribution in [0.3, 0.4) is 0 Å². The molecule has 0 bridgehead atoms. The highest BCUT2D eigenvalue weighted by molar-refractivity contribution is 6.30. The SMILES string of the molecule is CCNC(Cc1c(C)nn(C)c1Cl)C(CC)(CC)OCC. The summed E-state index contributed by atoms with van der Waals surface area (Å²) in [7, 11) is 1.89. The fourth-order valence-electron chi connectivity index (χ4n) is 3.14. The third kappa shape index (κ3) is 3.99. The number of nitrogens with one attached hydrogen (secondary N) is 1. The molecule has 1 N–H and O–H groups in total. The predicted octanol–water partition coefficient (Wildman–Crippen LogP) is 3.50. The molecule has 0 fully saturated rings. The van der Waals surface area contributed by atoms with E-state index < -0.39 is 0 Å². The Morgan fingerprint density at radius 1 is 1.29 bits per heavy atom. The van der Waals surface area contributed by atoms with Gasteiger partial charge < -0.3 is 10.1 Å². The van der Waals surface area contributed by atoms with Crippen LogP contribution in [0.2, 0.25) is 5.15 Å². The molecule has 1 atom stereocenters. The maximum absolute atomic E-state index is 6.40. The van der Waals surface area contributed by atoms with Crippen molar-refractivity contribution >= 4 is 11.6 Å². The Morgan fingerprint density at radius 2 is 1.90 bits per heavy atom. The van der Waals surface area contributed by atoms with Gasteiger partial charge in [0.05, 0.1) is 11.3 Å². The number of nitrogens with zero attached hydrogens (tertiary/aromatic N) is 2. The van der Waals surface area contributed by atoms with Crippen LogP contribution in [0.25, 0.3) is 0 Å². The minimum atomic E-state index is -0.156. The molecule has 0 aliphatic rings. The highest BCUT2D eigenvalue weighted by Crippen LogP contribution is 2.30. The molecule has 1 heterocycles. The number of likely N-dealkylation sites (N-methyl/N-ethyl adjacent to an activating group) is 1. The van der Waals surface area contributed by atoms with Crippen LogP contribution in [0, 0.1) is 6.92 Å². The van der Waals surface area contributed by atoms with E-state index >= 15 is 0 Å². The summed E-state index contributed by atoms with van der Waals surface area (Å²) < 4.78 is 7.91. The molecule has 1 aromatic heterocycles. The Labute approximate surface area is 134 Å². The summed E-state index contributed by atoms with van der Waals surface area (Å²) in [5.41, 5.74) is 1.97. The first-order chi connectivity index (χ1) is 9.95. The van der Waals surface area contributed by atoms with Gasteiger partial charge in [0.1, 0.15) is 5.15 Å². The van der Waals surface area contributed by atoms with Gasteiger partial charge in [-0.1, -0.05) is 32.4 Å². The lowest BCUT2D eigenvalue weighted by molar-refractivity contribution is -0.0716. The lowest BCUT2D eigenvalue weighted by Crippen LogP contribution is -2.53. The first kappa shape index (κ1) is 18.5. The molecule has 0 saturated carbocycles. The van der Waals surface area contributed by atoms with Crippen molar-refractivity contribution < 1.29 is 4.74 Å². The lowest BCUT2D eigenvalue weighted by Gasteiger charge is -2.40. The van der Waals surface area contributed by atoms with Crippen molar-refractivity contribution in [3.8, 4) is 0 Å². The van der Waals surface area contributed by atoms with Gasteiger partial charge in [-0.3, -0.25) is 4.68 Å². The van der Waals surface area contributed by atoms with E-state index in [1.807, 2.05) is 14.0 Å². The highest BCUT2D eigenvalue weighted by atomic mass is 35.5. The summed E-state index contributed by atoms with van der Waals surface area (Å²) in [6.07, 6.45) is 2.80. The number of hydrogen-bond donors (Lipinski definition) is 1. The molecule has 1 rings (SSSR count). The highest BCUT2D eigenvalue weighted by Gasteiger charge is 2.37. The van der Waals surface area contributed by atoms with Crippen LogP contribution < -0.4 is 5.32 Å². The fourth-order valence-corrected chi connectivity index (χ4v) is 3.39. The van der Waals surface area contributed by atoms with Crippen molar-refractivity contribution in [2.45, 2.75) is 65.5 Å². The van der Waals surface area contributed by atoms with Crippen molar-refractivity contribution in [3.63, 3.8) is 0 Å². The van der Waals surface area contributed by atoms with Gasteiger partial charge in [-0.2, -0.15) is 5.10 Å². The first-order valence-electron chi connectivity index (χ1n) is 8.00. The van der Waals surface area contributed by atoms with E-state index in [0.717, 1.165) is 48.8 Å². The van der Waals surface area contributed by atoms with Crippen LogP contribution in [0.15, 0.2) is 0 Å². The standard InChI is InChI=1S/C16H30ClN3O/c1-7-16(8-2,21-10-4)14(18-9-3)11-13-12(5)19-20(6)15(13)17/h14,18H,7-11H2,1-6H3. The molecule has 1 unspecified atom stereocenters. The quantitative estimate of drug-likeness (QED) is 0.758. The molecular formula is C16H30ClN3O. The van der Waals surface area contributed by atoms with E-state index in [4.69, 9.17) is 16.3 Å². The van der Waals surface area contributed by atoms with Crippen LogP contribution in [0.1, 0.15) is 51.8 Å². The van der Waals surface area contributed by atoms with Gasteiger partial charge in [-0.15, -0.1) is 0 Å². The summed E-state index contributed by atoms with van der Waals surface area (Å²) in [5, 5.41) is 8.75. The molecule has 21 heavy (non-hydrogen) atoms. The number of aromatic nitrogens is 2. The third-order valence-electron chi connectivity index (χ3n) is 4.39. The predicted molar refractivity (Wildman–Crippen MR) is 89.1 cm³/mol. The second kappa shape index (κ2) is 8.16. The summed E-state index contributed by atoms with van der Waals surface area (Å²) >= 11 is 6.40. The molecule has 0 spiro atoms. The second-order valence-electron chi connectivity index (χ2n) is 5.50. The number of halogens is 1. The number of ether oxygens (including phenoxy) is 1. The lowest BCUT2D eigenvalue weighted by atomic mass is 9.84. The molecule has 0 radical (unpaired) electrons. The molecule has 1 aromatic rings. The monoisotopic (exact) mass is 315 g/mol. The maximum atomic E-state index is 6.40. The van der Waals surface area contributed by atoms with E-state index in [2.05, 4.69) is 38.1 Å². The van der Waals surface area contributed by atoms with Crippen molar-refractivity contribution in [2.75, 3.05) is 13.2 Å². The van der Waals surface area contributed by atoms with Gasteiger partial charge in [0.15, 0.2) is 0 Å². The Balaban J connectivity index is 3.10. The van der Waals surface area contributed by atoms with Gasteiger partial charge in [-0.05, 0) is 39.7 Å². The van der Waals surface area contributed by atoms with Gasteiger partial charge in [-0.25, -0.2) is 0 Å². The fraction of sp³-hybridized carbons (Fsp3) is 0.812. The van der Waals surface area contributed by atoms with Gasteiger partial charge in [0.25, 0.3) is 0 Å². The third-order valence-corrected chi connectivity index (χ3v) is 4.87. The van der Waals surface area contributed by atoms with Crippen LogP contribution in [0.5, 0.6) is 0 Å². The minimum Gasteiger partial charge on any atom is -0.374 e. The van der Waals surface area contributed by atoms with E-state index in [1.165, 1.54) is 0 Å². The van der Waals surface area contributed by atoms with Crippen molar-refractivity contribution in [1.29, 1.82) is 0 Å². The molecule has 0 amide bonds. The zero-order valence-electron chi connectivity index (χ0n) is 14.3.